The number of hydrogen-bond donors (Lipinski definition) is 0. The summed E-state index contributed by atoms with van der Waals surface area (Å²) in [6.45, 7) is 3.24. The summed E-state index contributed by atoms with van der Waals surface area (Å²) in [5, 5.41) is 20.8. The molecule has 4 radical (unpaired) electrons. The molecular formula is C6H19GeNO4+2. The van der Waals surface area contributed by atoms with E-state index in [2.05, 4.69) is 0 Å². The van der Waals surface area contributed by atoms with Gasteiger partial charge in [0.05, 0.1) is 19.6 Å². The molecule has 7 N–H and O–H groups in total. The van der Waals surface area contributed by atoms with Crippen LogP contribution in [0.4, 0.5) is 0 Å². The van der Waals surface area contributed by atoms with Gasteiger partial charge in [0.1, 0.15) is 0 Å². The van der Waals surface area contributed by atoms with Crippen LogP contribution in [0, 0.1) is 0 Å². The standard InChI is InChI=1S/C6H15NO3.Ge.H2O/c8-4-1-7(2-5-9)3-6-10;;/h8-10H,1-6H2;;1H2/p+2. The smallest absolute Gasteiger partial charge is 0.156 e. The second-order valence-corrected chi connectivity index (χ2v) is 2.09. The first-order valence-electron chi connectivity index (χ1n) is 3.51. The normalized spacial score (nSPS) is 9.00. The largest absolute Gasteiger partial charge is 0.870 e. The van der Waals surface area contributed by atoms with E-state index in [4.69, 9.17) is 15.3 Å². The molecule has 5 nitrogen and oxygen atoms in total. The van der Waals surface area contributed by atoms with Gasteiger partial charge in [-0.25, -0.2) is 0 Å². The van der Waals surface area contributed by atoms with E-state index >= 15 is 0 Å². The minimum atomic E-state index is 0. The van der Waals surface area contributed by atoms with Gasteiger partial charge in [-0.15, -0.1) is 0 Å². The zero-order chi connectivity index (χ0) is 7.82. The molecule has 74 valence electrons. The second-order valence-electron chi connectivity index (χ2n) is 2.09. The van der Waals surface area contributed by atoms with Gasteiger partial charge in [0.2, 0.25) is 0 Å². The quantitative estimate of drug-likeness (QED) is 0.363. The average Bonchev–Trinajstić information content (AvgIpc) is 1.90. The number of hydrogen-bond acceptors (Lipinski definition) is 2. The molecule has 0 saturated heterocycles. The maximum atomic E-state index is 6.93. The Bertz CT molecular complexity index is 62.3. The van der Waals surface area contributed by atoms with E-state index < -0.39 is 0 Å². The predicted molar refractivity (Wildman–Crippen MR) is 49.6 cm³/mol. The van der Waals surface area contributed by atoms with E-state index in [0.29, 0.717) is 39.5 Å². The van der Waals surface area contributed by atoms with Crippen LogP contribution >= 0.6 is 0 Å². The Balaban J connectivity index is -0.000000405. The molecule has 0 aliphatic heterocycles. The molecule has 0 rings (SSSR count). The Labute approximate surface area is 83.3 Å². The fourth-order valence-corrected chi connectivity index (χ4v) is 0.810. The average molecular weight is 242 g/mol. The number of rotatable bonds is 6. The van der Waals surface area contributed by atoms with Crippen molar-refractivity contribution >= 4 is 17.6 Å². The fraction of sp³-hybridized carbons (Fsp3) is 1.00. The van der Waals surface area contributed by atoms with E-state index in [1.807, 2.05) is 4.90 Å². The molecule has 12 heavy (non-hydrogen) atoms. The monoisotopic (exact) mass is 243 g/mol. The van der Waals surface area contributed by atoms with Crippen LogP contribution in [0.5, 0.6) is 0 Å². The van der Waals surface area contributed by atoms with Crippen LogP contribution in [-0.2, 0) is 0 Å². The second kappa shape index (κ2) is 13.9. The zero-order valence-corrected chi connectivity index (χ0v) is 9.24. The molecule has 0 aromatic rings. The molecule has 0 aromatic heterocycles. The third-order valence-corrected chi connectivity index (χ3v) is 1.28. The first kappa shape index (κ1) is 18.2. The Kier molecular flexibility index (Phi) is 21.1. The van der Waals surface area contributed by atoms with Crippen LogP contribution in [-0.4, -0.2) is 82.7 Å². The van der Waals surface area contributed by atoms with Gasteiger partial charge in [0.25, 0.3) is 0 Å². The Morgan fingerprint density at radius 1 is 0.750 bits per heavy atom. The zero-order valence-electron chi connectivity index (χ0n) is 7.14. The molecule has 0 bridgehead atoms. The minimum absolute atomic E-state index is 0. The number of nitrogens with zero attached hydrogens (tertiary/aromatic N) is 1. The maximum absolute atomic E-state index is 6.93. The van der Waals surface area contributed by atoms with Gasteiger partial charge in [-0.3, -0.25) is 4.90 Å². The molecule has 0 unspecified atom stereocenters. The van der Waals surface area contributed by atoms with Gasteiger partial charge >= 0.3 is 0 Å². The molecule has 0 amide bonds. The first-order valence-corrected chi connectivity index (χ1v) is 3.51. The molecule has 0 atom stereocenters. The summed E-state index contributed by atoms with van der Waals surface area (Å²) >= 11 is 0. The van der Waals surface area contributed by atoms with Crippen LogP contribution in [0.2, 0.25) is 0 Å². The van der Waals surface area contributed by atoms with Crippen molar-refractivity contribution in [2.45, 2.75) is 0 Å². The summed E-state index contributed by atoms with van der Waals surface area (Å²) in [5.74, 6) is 0. The molecule has 0 aliphatic rings. The van der Waals surface area contributed by atoms with Crippen LogP contribution in [0.3, 0.4) is 0 Å². The van der Waals surface area contributed by atoms with Crippen molar-refractivity contribution in [2.75, 3.05) is 39.5 Å². The molecule has 0 fully saturated rings. The van der Waals surface area contributed by atoms with Crippen molar-refractivity contribution in [3.63, 3.8) is 0 Å². The summed E-state index contributed by atoms with van der Waals surface area (Å²) in [7, 11) is 0. The summed E-state index contributed by atoms with van der Waals surface area (Å²) in [6.07, 6.45) is 0. The SMILES string of the molecule is [Ge].[OH-].[OH2+]CCN(CC[OH2+])CC[OH2+]. The molecule has 0 saturated carbocycles. The molecule has 0 aliphatic carbocycles. The molecule has 6 heteroatoms. The van der Waals surface area contributed by atoms with Crippen molar-refractivity contribution in [3.05, 3.63) is 0 Å². The van der Waals surface area contributed by atoms with Crippen LogP contribution in [0.15, 0.2) is 0 Å². The van der Waals surface area contributed by atoms with Crippen LogP contribution in [0.25, 0.3) is 0 Å². The van der Waals surface area contributed by atoms with Gasteiger partial charge in [0.15, 0.2) is 19.8 Å². The third kappa shape index (κ3) is 10.3. The molecule has 0 spiro atoms. The van der Waals surface area contributed by atoms with E-state index in [1.54, 1.807) is 0 Å². The van der Waals surface area contributed by atoms with Crippen molar-refractivity contribution in [1.29, 1.82) is 0 Å². The van der Waals surface area contributed by atoms with Crippen molar-refractivity contribution in [3.8, 4) is 0 Å². The molecule has 0 aromatic carbocycles. The third-order valence-electron chi connectivity index (χ3n) is 1.28. The van der Waals surface area contributed by atoms with Crippen molar-refractivity contribution in [1.82, 2.24) is 4.90 Å². The Morgan fingerprint density at radius 3 is 1.17 bits per heavy atom. The van der Waals surface area contributed by atoms with Gasteiger partial charge < -0.3 is 20.8 Å². The van der Waals surface area contributed by atoms with E-state index in [0.717, 1.165) is 0 Å². The van der Waals surface area contributed by atoms with E-state index in [9.17, 15) is 0 Å². The van der Waals surface area contributed by atoms with Crippen LogP contribution < -0.4 is 0 Å². The van der Waals surface area contributed by atoms with Crippen molar-refractivity contribution < 1.29 is 20.8 Å². The topological polar surface area (TPSA) is 102 Å². The summed E-state index contributed by atoms with van der Waals surface area (Å²) < 4.78 is 0. The predicted octanol–water partition coefficient (Wildman–Crippen LogP) is -3.10. The fourth-order valence-electron chi connectivity index (χ4n) is 0.810. The minimum Gasteiger partial charge on any atom is -0.870 e. The van der Waals surface area contributed by atoms with Gasteiger partial charge in [-0.05, 0) is 0 Å². The van der Waals surface area contributed by atoms with Crippen LogP contribution in [0.1, 0.15) is 0 Å². The maximum Gasteiger partial charge on any atom is 0.156 e. The Morgan fingerprint density at radius 2 is 1.00 bits per heavy atom. The van der Waals surface area contributed by atoms with E-state index in [-0.39, 0.29) is 23.1 Å². The molecule has 0 heterocycles. The summed E-state index contributed by atoms with van der Waals surface area (Å²) in [5.41, 5.74) is 0. The Hall–Kier alpha value is 0.343. The first-order chi connectivity index (χ1) is 4.85. The molecular weight excluding hydrogens is 223 g/mol. The van der Waals surface area contributed by atoms with E-state index in [1.165, 1.54) is 0 Å². The summed E-state index contributed by atoms with van der Waals surface area (Å²) in [6, 6.07) is 0. The van der Waals surface area contributed by atoms with Crippen molar-refractivity contribution in [2.24, 2.45) is 0 Å². The summed E-state index contributed by atoms with van der Waals surface area (Å²) in [4.78, 5) is 1.98. The van der Waals surface area contributed by atoms with Gasteiger partial charge in [-0.2, -0.15) is 0 Å². The van der Waals surface area contributed by atoms with Gasteiger partial charge in [-0.1, -0.05) is 0 Å². The van der Waals surface area contributed by atoms with Gasteiger partial charge in [0, 0.05) is 17.6 Å².